The Morgan fingerprint density at radius 1 is 0.569 bits per heavy atom. The largest absolute Gasteiger partial charge is 0.534 e. The van der Waals surface area contributed by atoms with Crippen molar-refractivity contribution in [1.82, 2.24) is 0 Å². The number of hydrogen-bond acceptors (Lipinski definition) is 11. The fraction of sp³-hybridized carbons (Fsp3) is 0.500. The summed E-state index contributed by atoms with van der Waals surface area (Å²) in [7, 11) is -19.4. The van der Waals surface area contributed by atoms with Gasteiger partial charge in [0, 0.05) is 11.1 Å². The number of ketones is 2. The minimum atomic E-state index is -6.85. The molecule has 0 unspecified atom stereocenters. The Kier molecular flexibility index (Phi) is 14.7. The summed E-state index contributed by atoms with van der Waals surface area (Å²) in [4.78, 5) is 22.9. The maximum atomic E-state index is 12.4. The maximum Gasteiger partial charge on any atom is 0.534 e. The maximum absolute atomic E-state index is 12.4. The summed E-state index contributed by atoms with van der Waals surface area (Å²) in [5.41, 5.74) is -13.8. The van der Waals surface area contributed by atoms with Gasteiger partial charge in [0.05, 0.1) is 0 Å². The summed E-state index contributed by atoms with van der Waals surface area (Å²) in [6.45, 7) is 2.94. The number of phenolic OH excluding ortho intramolecular Hbond substituents is 1. The molecule has 0 aromatic heterocycles. The third-order valence-electron chi connectivity index (χ3n) is 6.99. The molecule has 23 heteroatoms. The first-order chi connectivity index (χ1) is 22.5. The lowest BCUT2D eigenvalue weighted by molar-refractivity contribution is -0.0586. The van der Waals surface area contributed by atoms with E-state index in [2.05, 4.69) is 4.18 Å². The first-order valence-corrected chi connectivity index (χ1v) is 18.1. The van der Waals surface area contributed by atoms with E-state index in [0.29, 0.717) is 41.7 Å². The SMILES string of the molecule is C.CC(=O)c1ccc(O)c2c1CCCC2.CC(=O)c1ccc(OS(=O)(=O)C(F)(F)F)c2c1CCCC2.O=S(=O)(OS(=O)(=O)C(F)(F)F)C(F)(F)F. The van der Waals surface area contributed by atoms with Crippen LogP contribution in [0.15, 0.2) is 24.3 Å². The Morgan fingerprint density at radius 3 is 1.27 bits per heavy atom. The number of rotatable bonds is 6. The molecule has 0 aliphatic heterocycles. The zero-order valence-corrected chi connectivity index (χ0v) is 28.1. The Labute approximate surface area is 287 Å². The van der Waals surface area contributed by atoms with Gasteiger partial charge in [-0.1, -0.05) is 7.43 Å². The van der Waals surface area contributed by atoms with Gasteiger partial charge >= 0.3 is 46.9 Å². The van der Waals surface area contributed by atoms with E-state index in [-0.39, 0.29) is 24.7 Å². The van der Waals surface area contributed by atoms with Crippen molar-refractivity contribution in [2.75, 3.05) is 0 Å². The van der Waals surface area contributed by atoms with Gasteiger partial charge in [0.2, 0.25) is 0 Å². The molecule has 0 bridgehead atoms. The predicted molar refractivity (Wildman–Crippen MR) is 161 cm³/mol. The van der Waals surface area contributed by atoms with Crippen LogP contribution in [0.4, 0.5) is 39.5 Å². The topological polar surface area (TPSA) is 175 Å². The molecule has 0 spiro atoms. The molecule has 1 N–H and O–H groups in total. The number of benzene rings is 2. The van der Waals surface area contributed by atoms with Gasteiger partial charge in [0.25, 0.3) is 0 Å². The van der Waals surface area contributed by atoms with Gasteiger partial charge in [-0.05, 0) is 112 Å². The van der Waals surface area contributed by atoms with Gasteiger partial charge < -0.3 is 9.29 Å². The molecule has 2 aliphatic rings. The van der Waals surface area contributed by atoms with Crippen LogP contribution in [-0.4, -0.2) is 58.5 Å². The molecule has 11 nitrogen and oxygen atoms in total. The summed E-state index contributed by atoms with van der Waals surface area (Å²) in [5, 5.41) is 9.65. The van der Waals surface area contributed by atoms with E-state index in [1.54, 1.807) is 19.1 Å². The van der Waals surface area contributed by atoms with Crippen LogP contribution in [0, 0.1) is 0 Å². The molecule has 4 rings (SSSR count). The lowest BCUT2D eigenvalue weighted by Crippen LogP contribution is -2.34. The van der Waals surface area contributed by atoms with Gasteiger partial charge in [-0.2, -0.15) is 64.8 Å². The average molecular weight is 811 g/mol. The summed E-state index contributed by atoms with van der Waals surface area (Å²) >= 11 is 0. The van der Waals surface area contributed by atoms with E-state index < -0.39 is 46.9 Å². The first kappa shape index (κ1) is 45.6. The second-order valence-corrected chi connectivity index (χ2v) is 15.4. The number of carbonyl (C=O) groups is 2. The highest BCUT2D eigenvalue weighted by atomic mass is 32.3. The highest BCUT2D eigenvalue weighted by molar-refractivity contribution is 8.00. The van der Waals surface area contributed by atoms with Crippen molar-refractivity contribution in [2.45, 2.75) is 89.2 Å². The smallest absolute Gasteiger partial charge is 0.508 e. The fourth-order valence-electron chi connectivity index (χ4n) is 4.78. The molecule has 0 saturated heterocycles. The Hall–Kier alpha value is -3.44. The standard InChI is InChI=1S/C13H13F3O4S.C12H14O2.C2F6O5S2.CH4/c1-8(17)9-6-7-12(11-5-3-2-4-10(9)11)20-21(18,19)13(14,15)16;1-8(13)9-6-7-12(14)11-5-3-2-4-10(9)11;3-1(4,5)14(9,10)13-15(11,12)2(6,7)8;/h6-7H,2-5H2,1H3;6-7,14H,2-5H2,1H3;;1H4. The molecule has 2 aromatic rings. The first-order valence-electron chi connectivity index (χ1n) is 13.9. The van der Waals surface area contributed by atoms with Crippen molar-refractivity contribution >= 4 is 41.9 Å². The number of carbonyl (C=O) groups excluding carboxylic acids is 2. The van der Waals surface area contributed by atoms with Crippen LogP contribution in [0.3, 0.4) is 0 Å². The number of aromatic hydroxyl groups is 1. The lowest BCUT2D eigenvalue weighted by Gasteiger charge is -2.21. The molecule has 0 radical (unpaired) electrons. The molecule has 2 aromatic carbocycles. The molecule has 290 valence electrons. The Balaban J connectivity index is 0.000000390. The number of Topliss-reactive ketones (excluding diaryl/α,β-unsaturated/α-hetero) is 2. The van der Waals surface area contributed by atoms with Gasteiger partial charge in [-0.3, -0.25) is 9.59 Å². The minimum absolute atomic E-state index is 0. The number of halogens is 9. The Morgan fingerprint density at radius 2 is 0.902 bits per heavy atom. The van der Waals surface area contributed by atoms with E-state index in [9.17, 15) is 79.5 Å². The van der Waals surface area contributed by atoms with Crippen LogP contribution in [0.25, 0.3) is 0 Å². The van der Waals surface area contributed by atoms with Crippen molar-refractivity contribution in [3.8, 4) is 11.5 Å². The van der Waals surface area contributed by atoms with Crippen LogP contribution in [0.2, 0.25) is 0 Å². The van der Waals surface area contributed by atoms with Gasteiger partial charge in [-0.25, -0.2) is 0 Å². The lowest BCUT2D eigenvalue weighted by atomic mass is 9.86. The zero-order valence-electron chi connectivity index (χ0n) is 25.6. The molecule has 0 heterocycles. The predicted octanol–water partition coefficient (Wildman–Crippen LogP) is 6.81. The monoisotopic (exact) mass is 810 g/mol. The van der Waals surface area contributed by atoms with Crippen LogP contribution in [-0.2, 0) is 59.7 Å². The van der Waals surface area contributed by atoms with Crippen LogP contribution >= 0.6 is 0 Å². The number of fused-ring (bicyclic) bond motifs is 2. The normalized spacial score (nSPS) is 15.0. The number of hydrogen-bond donors (Lipinski definition) is 1. The second-order valence-electron chi connectivity index (χ2n) is 10.5. The minimum Gasteiger partial charge on any atom is -0.508 e. The quantitative estimate of drug-likeness (QED) is 0.141. The van der Waals surface area contributed by atoms with Crippen molar-refractivity contribution in [2.24, 2.45) is 0 Å². The molecule has 0 atom stereocenters. The van der Waals surface area contributed by atoms with Gasteiger partial charge in [0.15, 0.2) is 11.6 Å². The summed E-state index contributed by atoms with van der Waals surface area (Å²) in [6, 6.07) is 5.81. The molecule has 0 amide bonds. The summed E-state index contributed by atoms with van der Waals surface area (Å²) < 4.78 is 174. The van der Waals surface area contributed by atoms with Gasteiger partial charge in [0.1, 0.15) is 11.5 Å². The van der Waals surface area contributed by atoms with Crippen LogP contribution in [0.5, 0.6) is 11.5 Å². The molecular weight excluding hydrogens is 779 g/mol. The third-order valence-corrected chi connectivity index (χ3v) is 10.5. The highest BCUT2D eigenvalue weighted by Gasteiger charge is 2.57. The molecule has 51 heavy (non-hydrogen) atoms. The number of phenols is 1. The summed E-state index contributed by atoms with van der Waals surface area (Å²) in [5.74, 6) is -0.0988. The molecule has 2 aliphatic carbocycles. The molecule has 0 saturated carbocycles. The average Bonchev–Trinajstić information content (AvgIpc) is 2.95. The van der Waals surface area contributed by atoms with E-state index in [4.69, 9.17) is 0 Å². The van der Waals surface area contributed by atoms with E-state index in [0.717, 1.165) is 54.9 Å². The van der Waals surface area contributed by atoms with Gasteiger partial charge in [-0.15, -0.1) is 3.63 Å². The molecule has 0 fully saturated rings. The van der Waals surface area contributed by atoms with E-state index in [1.165, 1.54) is 13.0 Å². The Bertz CT molecular complexity index is 1890. The van der Waals surface area contributed by atoms with E-state index in [1.807, 2.05) is 3.63 Å². The van der Waals surface area contributed by atoms with Crippen molar-refractivity contribution in [1.29, 1.82) is 0 Å². The van der Waals surface area contributed by atoms with Crippen LogP contribution < -0.4 is 4.18 Å². The number of alkyl halides is 9. The van der Waals surface area contributed by atoms with Crippen molar-refractivity contribution in [3.63, 3.8) is 0 Å². The molecular formula is C28H31F9O11S3. The second kappa shape index (κ2) is 16.5. The highest BCUT2D eigenvalue weighted by Crippen LogP contribution is 2.36. The fourth-order valence-corrected chi connectivity index (χ4v) is 6.83. The van der Waals surface area contributed by atoms with E-state index >= 15 is 0 Å². The van der Waals surface area contributed by atoms with Crippen LogP contribution in [0.1, 0.15) is 89.9 Å². The van der Waals surface area contributed by atoms with Crippen molar-refractivity contribution in [3.05, 3.63) is 57.6 Å². The zero-order chi connectivity index (χ0) is 38.7. The summed E-state index contributed by atoms with van der Waals surface area (Å²) in [6.07, 6.45) is 6.48. The third kappa shape index (κ3) is 11.3. The van der Waals surface area contributed by atoms with Crippen molar-refractivity contribution < 1.29 is 87.3 Å².